The molecule has 0 aromatic carbocycles. The van der Waals surface area contributed by atoms with E-state index < -0.39 is 0 Å². The molecule has 128 valence electrons. The first-order valence-corrected chi connectivity index (χ1v) is 7.79. The number of carbonyl (C=O) groups excluding carboxylic acids is 2. The summed E-state index contributed by atoms with van der Waals surface area (Å²) in [5.41, 5.74) is 0.628. The number of aromatic nitrogens is 1. The molecule has 2 aliphatic heterocycles. The molecule has 1 aromatic heterocycles. The maximum atomic E-state index is 12.6. The van der Waals surface area contributed by atoms with Crippen molar-refractivity contribution in [3.05, 3.63) is 17.3 Å². The Morgan fingerprint density at radius 2 is 2.13 bits per heavy atom. The van der Waals surface area contributed by atoms with Gasteiger partial charge in [0, 0.05) is 39.1 Å². The van der Waals surface area contributed by atoms with Crippen LogP contribution < -0.4 is 5.32 Å². The average molecular weight is 343 g/mol. The molecule has 0 bridgehead atoms. The van der Waals surface area contributed by atoms with Crippen LogP contribution in [0.1, 0.15) is 35.0 Å². The molecule has 0 radical (unpaired) electrons. The first kappa shape index (κ1) is 17.7. The summed E-state index contributed by atoms with van der Waals surface area (Å²) in [6.45, 7) is 6.72. The minimum absolute atomic E-state index is 0. The number of hydrogen-bond acceptors (Lipinski definition) is 5. The number of oxazole rings is 1. The molecule has 3 rings (SSSR count). The van der Waals surface area contributed by atoms with Crippen molar-refractivity contribution in [1.82, 2.24) is 20.1 Å². The summed E-state index contributed by atoms with van der Waals surface area (Å²) in [7, 11) is 0. The van der Waals surface area contributed by atoms with Crippen LogP contribution in [0.3, 0.4) is 0 Å². The normalized spacial score (nSPS) is 22.0. The number of hydrogen-bond donors (Lipinski definition) is 1. The Kier molecular flexibility index (Phi) is 5.64. The predicted octanol–water partition coefficient (Wildman–Crippen LogP) is 0.750. The number of piperidine rings is 1. The fourth-order valence-electron chi connectivity index (χ4n) is 3.27. The van der Waals surface area contributed by atoms with Gasteiger partial charge in [-0.1, -0.05) is 0 Å². The Labute approximate surface area is 141 Å². The number of rotatable bonds is 2. The van der Waals surface area contributed by atoms with Gasteiger partial charge in [0.15, 0.2) is 5.89 Å². The summed E-state index contributed by atoms with van der Waals surface area (Å²) in [5.74, 6) is 0.833. The molecule has 2 amide bonds. The van der Waals surface area contributed by atoms with Crippen molar-refractivity contribution in [2.75, 3.05) is 32.7 Å². The van der Waals surface area contributed by atoms with E-state index in [2.05, 4.69) is 10.3 Å². The fourth-order valence-corrected chi connectivity index (χ4v) is 3.27. The zero-order valence-electron chi connectivity index (χ0n) is 13.5. The van der Waals surface area contributed by atoms with Crippen molar-refractivity contribution in [3.63, 3.8) is 0 Å². The van der Waals surface area contributed by atoms with Crippen LogP contribution in [0.25, 0.3) is 0 Å². The van der Waals surface area contributed by atoms with Crippen LogP contribution in [0.2, 0.25) is 0 Å². The molecule has 3 heterocycles. The maximum absolute atomic E-state index is 12.6. The van der Waals surface area contributed by atoms with Crippen LogP contribution in [0, 0.1) is 13.8 Å². The third-order valence-electron chi connectivity index (χ3n) is 4.35. The number of aryl methyl sites for hydroxylation is 2. The molecule has 0 aliphatic carbocycles. The van der Waals surface area contributed by atoms with E-state index in [0.29, 0.717) is 43.5 Å². The lowest BCUT2D eigenvalue weighted by Crippen LogP contribution is -2.57. The van der Waals surface area contributed by atoms with E-state index in [9.17, 15) is 9.59 Å². The van der Waals surface area contributed by atoms with Gasteiger partial charge < -0.3 is 19.5 Å². The highest BCUT2D eigenvalue weighted by Gasteiger charge is 2.33. The van der Waals surface area contributed by atoms with Gasteiger partial charge in [-0.05, 0) is 19.8 Å². The van der Waals surface area contributed by atoms with Gasteiger partial charge in [-0.2, -0.15) is 0 Å². The van der Waals surface area contributed by atoms with Gasteiger partial charge in [0.1, 0.15) is 0 Å². The number of amides is 2. The second-order valence-electron chi connectivity index (χ2n) is 5.96. The lowest BCUT2D eigenvalue weighted by Gasteiger charge is -2.40. The molecule has 8 heteroatoms. The number of nitrogens with zero attached hydrogens (tertiary/aromatic N) is 3. The molecular formula is C15H23ClN4O3. The highest BCUT2D eigenvalue weighted by atomic mass is 35.5. The van der Waals surface area contributed by atoms with E-state index in [1.54, 1.807) is 18.7 Å². The van der Waals surface area contributed by atoms with Crippen molar-refractivity contribution in [1.29, 1.82) is 0 Å². The Balaban J connectivity index is 0.00000192. The highest BCUT2D eigenvalue weighted by molar-refractivity contribution is 5.92. The number of likely N-dealkylation sites (tertiary alicyclic amines) is 1. The first-order valence-electron chi connectivity index (χ1n) is 7.79. The van der Waals surface area contributed by atoms with Gasteiger partial charge in [-0.3, -0.25) is 9.59 Å². The van der Waals surface area contributed by atoms with Gasteiger partial charge in [0.25, 0.3) is 5.91 Å². The summed E-state index contributed by atoms with van der Waals surface area (Å²) in [4.78, 5) is 32.5. The van der Waals surface area contributed by atoms with Gasteiger partial charge in [0.05, 0.1) is 12.2 Å². The van der Waals surface area contributed by atoms with Crippen molar-refractivity contribution >= 4 is 24.2 Å². The summed E-state index contributed by atoms with van der Waals surface area (Å²) < 4.78 is 5.44. The number of nitrogens with one attached hydrogen (secondary N) is 1. The standard InChI is InChI=1S/C15H22N4O3.ClH/c1-10-14(22-11(2)17-10)15(21)18-6-3-4-12(9-18)19-7-5-16-8-13(19)20;/h12,16H,3-9H2,1-2H3;1H. The van der Waals surface area contributed by atoms with Crippen LogP contribution in [0.4, 0.5) is 0 Å². The van der Waals surface area contributed by atoms with Crippen LogP contribution in [-0.4, -0.2) is 65.4 Å². The molecule has 0 spiro atoms. The summed E-state index contributed by atoms with van der Waals surface area (Å²) in [6.07, 6.45) is 1.85. The Bertz CT molecular complexity index is 589. The van der Waals surface area contributed by atoms with E-state index in [-0.39, 0.29) is 30.3 Å². The van der Waals surface area contributed by atoms with Crippen molar-refractivity contribution in [2.24, 2.45) is 0 Å². The zero-order valence-corrected chi connectivity index (χ0v) is 14.3. The summed E-state index contributed by atoms with van der Waals surface area (Å²) in [5, 5.41) is 3.08. The first-order chi connectivity index (χ1) is 10.6. The number of piperazine rings is 1. The number of halogens is 1. The van der Waals surface area contributed by atoms with Crippen molar-refractivity contribution in [2.45, 2.75) is 32.7 Å². The largest absolute Gasteiger partial charge is 0.436 e. The third-order valence-corrected chi connectivity index (χ3v) is 4.35. The lowest BCUT2D eigenvalue weighted by atomic mass is 10.0. The minimum Gasteiger partial charge on any atom is -0.436 e. The van der Waals surface area contributed by atoms with Gasteiger partial charge in [-0.25, -0.2) is 4.98 Å². The Morgan fingerprint density at radius 1 is 1.35 bits per heavy atom. The van der Waals surface area contributed by atoms with Crippen LogP contribution in [-0.2, 0) is 4.79 Å². The van der Waals surface area contributed by atoms with Crippen molar-refractivity contribution < 1.29 is 14.0 Å². The Hall–Kier alpha value is -1.60. The quantitative estimate of drug-likeness (QED) is 0.858. The third kappa shape index (κ3) is 3.67. The summed E-state index contributed by atoms with van der Waals surface area (Å²) >= 11 is 0. The average Bonchev–Trinajstić information content (AvgIpc) is 2.86. The molecule has 23 heavy (non-hydrogen) atoms. The molecule has 1 aromatic rings. The fraction of sp³-hybridized carbons (Fsp3) is 0.667. The molecule has 1 atom stereocenters. The van der Waals surface area contributed by atoms with Crippen LogP contribution in [0.15, 0.2) is 4.42 Å². The topological polar surface area (TPSA) is 78.7 Å². The predicted molar refractivity (Wildman–Crippen MR) is 86.7 cm³/mol. The second-order valence-corrected chi connectivity index (χ2v) is 5.96. The van der Waals surface area contributed by atoms with Gasteiger partial charge in [-0.15, -0.1) is 12.4 Å². The second kappa shape index (κ2) is 7.31. The SMILES string of the molecule is Cc1nc(C)c(C(=O)N2CCCC(N3CCNCC3=O)C2)o1.Cl. The molecule has 2 saturated heterocycles. The molecule has 2 fully saturated rings. The Morgan fingerprint density at radius 3 is 2.78 bits per heavy atom. The lowest BCUT2D eigenvalue weighted by molar-refractivity contribution is -0.135. The molecule has 1 N–H and O–H groups in total. The molecule has 7 nitrogen and oxygen atoms in total. The molecule has 2 aliphatic rings. The number of carbonyl (C=O) groups is 2. The zero-order chi connectivity index (χ0) is 15.7. The van der Waals surface area contributed by atoms with Crippen LogP contribution in [0.5, 0.6) is 0 Å². The van der Waals surface area contributed by atoms with Gasteiger partial charge >= 0.3 is 0 Å². The highest BCUT2D eigenvalue weighted by Crippen LogP contribution is 2.20. The summed E-state index contributed by atoms with van der Waals surface area (Å²) in [6, 6.07) is 0.108. The van der Waals surface area contributed by atoms with E-state index in [4.69, 9.17) is 4.42 Å². The van der Waals surface area contributed by atoms with Gasteiger partial charge in [0.2, 0.25) is 11.7 Å². The van der Waals surface area contributed by atoms with E-state index in [0.717, 1.165) is 19.4 Å². The van der Waals surface area contributed by atoms with E-state index >= 15 is 0 Å². The van der Waals surface area contributed by atoms with Crippen molar-refractivity contribution in [3.8, 4) is 0 Å². The monoisotopic (exact) mass is 342 g/mol. The molecule has 1 unspecified atom stereocenters. The smallest absolute Gasteiger partial charge is 0.291 e. The van der Waals surface area contributed by atoms with E-state index in [1.807, 2.05) is 4.90 Å². The van der Waals surface area contributed by atoms with E-state index in [1.165, 1.54) is 0 Å². The molecule has 0 saturated carbocycles. The maximum Gasteiger partial charge on any atom is 0.291 e. The molecular weight excluding hydrogens is 320 g/mol. The van der Waals surface area contributed by atoms with Crippen LogP contribution >= 0.6 is 12.4 Å². The minimum atomic E-state index is -0.120.